The normalized spacial score (nSPS) is 12.5. The molecule has 0 aromatic heterocycles. The van der Waals surface area contributed by atoms with Gasteiger partial charge in [-0.25, -0.2) is 0 Å². The highest BCUT2D eigenvalue weighted by atomic mass is 31.2. The number of amides is 1. The predicted molar refractivity (Wildman–Crippen MR) is 98.8 cm³/mol. The Morgan fingerprint density at radius 2 is 1.31 bits per heavy atom. The highest BCUT2D eigenvalue weighted by Gasteiger charge is 2.27. The lowest BCUT2D eigenvalue weighted by atomic mass is 10.3. The van der Waals surface area contributed by atoms with Gasteiger partial charge in [-0.15, -0.1) is 0 Å². The van der Waals surface area contributed by atoms with E-state index >= 15 is 0 Å². The zero-order chi connectivity index (χ0) is 20.1. The van der Waals surface area contributed by atoms with Crippen molar-refractivity contribution in [2.75, 3.05) is 51.8 Å². The van der Waals surface area contributed by atoms with Crippen LogP contribution in [0.25, 0.3) is 0 Å². The molecule has 0 saturated heterocycles. The molecule has 0 atom stereocenters. The van der Waals surface area contributed by atoms with Gasteiger partial charge in [-0.1, -0.05) is 6.92 Å². The van der Waals surface area contributed by atoms with Gasteiger partial charge in [0.15, 0.2) is 0 Å². The van der Waals surface area contributed by atoms with Crippen molar-refractivity contribution in [2.45, 2.75) is 26.2 Å². The van der Waals surface area contributed by atoms with E-state index in [0.717, 1.165) is 37.4 Å². The molecule has 1 amide bonds. The van der Waals surface area contributed by atoms with Gasteiger partial charge < -0.3 is 35.5 Å². The topological polar surface area (TPSA) is 171 Å². The number of carbonyl (C=O) groups is 1. The highest BCUT2D eigenvalue weighted by molar-refractivity contribution is 7.52. The molecule has 0 rings (SSSR count). The largest absolute Gasteiger partial charge is 0.355 e. The smallest absolute Gasteiger partial charge is 0.339 e. The molecule has 13 heteroatoms. The Morgan fingerprint density at radius 1 is 0.846 bits per heavy atom. The van der Waals surface area contributed by atoms with E-state index in [1.807, 2.05) is 0 Å². The van der Waals surface area contributed by atoms with Crippen LogP contribution in [0.4, 0.5) is 0 Å². The molecule has 0 fully saturated rings. The quantitative estimate of drug-likeness (QED) is 0.122. The maximum Gasteiger partial charge on any atom is 0.339 e. The SMILES string of the molecule is CCCNCCCNCCCNC(=O)CN(CP(=O)(O)O)CP(=O)(O)O. The van der Waals surface area contributed by atoms with Crippen molar-refractivity contribution in [2.24, 2.45) is 0 Å². The molecule has 11 nitrogen and oxygen atoms in total. The second kappa shape index (κ2) is 13.8. The zero-order valence-electron chi connectivity index (χ0n) is 15.1. The molecule has 0 aromatic rings. The Hall–Kier alpha value is -0.350. The number of nitrogens with zero attached hydrogens (tertiary/aromatic N) is 1. The molecule has 0 aliphatic carbocycles. The summed E-state index contributed by atoms with van der Waals surface area (Å²) < 4.78 is 22.0. The van der Waals surface area contributed by atoms with E-state index in [1.54, 1.807) is 0 Å². The van der Waals surface area contributed by atoms with Crippen LogP contribution < -0.4 is 16.0 Å². The molecule has 0 unspecified atom stereocenters. The van der Waals surface area contributed by atoms with Crippen LogP contribution in [0.2, 0.25) is 0 Å². The first-order valence-electron chi connectivity index (χ1n) is 8.53. The monoisotopic (exact) mass is 418 g/mol. The fraction of sp³-hybridized carbons (Fsp3) is 0.923. The van der Waals surface area contributed by atoms with Gasteiger partial charge in [0.25, 0.3) is 0 Å². The molecule has 7 N–H and O–H groups in total. The minimum atomic E-state index is -4.53. The summed E-state index contributed by atoms with van der Waals surface area (Å²) >= 11 is 0. The summed E-state index contributed by atoms with van der Waals surface area (Å²) in [6.45, 7) is 5.51. The molecular weight excluding hydrogens is 386 g/mol. The standard InChI is InChI=1S/C13H32N4O7P2/c1-2-5-14-6-3-7-15-8-4-9-16-13(18)10-17(11-25(19,20)21)12-26(22,23)24/h14-15H,2-12H2,1H3,(H,16,18)(H2,19,20,21)(H2,22,23,24). The van der Waals surface area contributed by atoms with E-state index in [-0.39, 0.29) is 0 Å². The number of rotatable bonds is 16. The Balaban J connectivity index is 3.92. The van der Waals surface area contributed by atoms with Gasteiger partial charge in [-0.2, -0.15) is 0 Å². The van der Waals surface area contributed by atoms with Crippen LogP contribution in [0.5, 0.6) is 0 Å². The van der Waals surface area contributed by atoms with Crippen LogP contribution in [0.15, 0.2) is 0 Å². The van der Waals surface area contributed by atoms with Crippen LogP contribution in [0, 0.1) is 0 Å². The molecule has 0 aliphatic rings. The van der Waals surface area contributed by atoms with Crippen molar-refractivity contribution in [1.82, 2.24) is 20.9 Å². The van der Waals surface area contributed by atoms with Crippen LogP contribution in [-0.2, 0) is 13.9 Å². The third-order valence-corrected chi connectivity index (χ3v) is 4.66. The van der Waals surface area contributed by atoms with Crippen LogP contribution in [-0.4, -0.2) is 82.2 Å². The maximum absolute atomic E-state index is 11.8. The fourth-order valence-electron chi connectivity index (χ4n) is 2.13. The molecule has 0 radical (unpaired) electrons. The van der Waals surface area contributed by atoms with Crippen molar-refractivity contribution >= 4 is 21.1 Å². The average molecular weight is 418 g/mol. The van der Waals surface area contributed by atoms with Gasteiger partial charge in [0.05, 0.1) is 6.54 Å². The zero-order valence-corrected chi connectivity index (χ0v) is 16.9. The predicted octanol–water partition coefficient (Wildman–Crippen LogP) is -0.956. The second-order valence-electron chi connectivity index (χ2n) is 6.00. The summed E-state index contributed by atoms with van der Waals surface area (Å²) in [7, 11) is -9.06. The van der Waals surface area contributed by atoms with E-state index in [1.165, 1.54) is 0 Å². The summed E-state index contributed by atoms with van der Waals surface area (Å²) in [6, 6.07) is 0. The van der Waals surface area contributed by atoms with Gasteiger partial charge in [0.1, 0.15) is 12.6 Å². The lowest BCUT2D eigenvalue weighted by Crippen LogP contribution is -2.39. The fourth-order valence-corrected chi connectivity index (χ4v) is 3.73. The third-order valence-electron chi connectivity index (χ3n) is 3.12. The molecular formula is C13H32N4O7P2. The molecule has 26 heavy (non-hydrogen) atoms. The maximum atomic E-state index is 11.8. The van der Waals surface area contributed by atoms with Crippen molar-refractivity contribution in [1.29, 1.82) is 0 Å². The average Bonchev–Trinajstić information content (AvgIpc) is 2.45. The van der Waals surface area contributed by atoms with Crippen LogP contribution in [0.3, 0.4) is 0 Å². The van der Waals surface area contributed by atoms with Crippen molar-refractivity contribution in [3.8, 4) is 0 Å². The molecule has 0 aliphatic heterocycles. The Bertz CT molecular complexity index is 459. The van der Waals surface area contributed by atoms with Gasteiger partial charge in [0.2, 0.25) is 5.91 Å². The summed E-state index contributed by atoms with van der Waals surface area (Å²) in [5.74, 6) is -0.546. The first-order valence-corrected chi connectivity index (χ1v) is 12.1. The summed E-state index contributed by atoms with van der Waals surface area (Å²) in [4.78, 5) is 48.3. The van der Waals surface area contributed by atoms with E-state index in [0.29, 0.717) is 19.5 Å². The number of hydrogen-bond donors (Lipinski definition) is 7. The van der Waals surface area contributed by atoms with Gasteiger partial charge in [0, 0.05) is 6.54 Å². The minimum Gasteiger partial charge on any atom is -0.355 e. The first-order chi connectivity index (χ1) is 12.0. The third kappa shape index (κ3) is 18.4. The molecule has 0 saturated carbocycles. The van der Waals surface area contributed by atoms with Crippen LogP contribution >= 0.6 is 15.2 Å². The molecule has 0 aromatic carbocycles. The number of carbonyl (C=O) groups excluding carboxylic acids is 1. The molecule has 0 spiro atoms. The van der Waals surface area contributed by atoms with Gasteiger partial charge in [-0.05, 0) is 45.4 Å². The highest BCUT2D eigenvalue weighted by Crippen LogP contribution is 2.40. The van der Waals surface area contributed by atoms with E-state index in [9.17, 15) is 13.9 Å². The van der Waals surface area contributed by atoms with E-state index in [4.69, 9.17) is 19.6 Å². The first kappa shape index (κ1) is 25.6. The van der Waals surface area contributed by atoms with E-state index < -0.39 is 40.2 Å². The van der Waals surface area contributed by atoms with Crippen LogP contribution in [0.1, 0.15) is 26.2 Å². The molecule has 0 heterocycles. The van der Waals surface area contributed by atoms with Crippen molar-refractivity contribution in [3.05, 3.63) is 0 Å². The summed E-state index contributed by atoms with van der Waals surface area (Å²) in [5.41, 5.74) is 0. The van der Waals surface area contributed by atoms with E-state index in [2.05, 4.69) is 22.9 Å². The van der Waals surface area contributed by atoms with Crippen molar-refractivity contribution in [3.63, 3.8) is 0 Å². The Labute approximate surface area is 154 Å². The van der Waals surface area contributed by atoms with Crippen molar-refractivity contribution < 1.29 is 33.5 Å². The number of nitrogens with one attached hydrogen (secondary N) is 3. The Kier molecular flexibility index (Phi) is 13.6. The van der Waals surface area contributed by atoms with Gasteiger partial charge in [-0.3, -0.25) is 18.8 Å². The number of hydrogen-bond acceptors (Lipinski definition) is 6. The lowest BCUT2D eigenvalue weighted by molar-refractivity contribution is -0.121. The lowest BCUT2D eigenvalue weighted by Gasteiger charge is -2.22. The minimum absolute atomic E-state index is 0.361. The summed E-state index contributed by atoms with van der Waals surface area (Å²) in [6.07, 6.45) is 1.00. The molecule has 156 valence electrons. The second-order valence-corrected chi connectivity index (χ2v) is 9.22. The Morgan fingerprint density at radius 3 is 1.77 bits per heavy atom. The molecule has 0 bridgehead atoms. The summed E-state index contributed by atoms with van der Waals surface area (Å²) in [5, 5.41) is 9.09. The van der Waals surface area contributed by atoms with Gasteiger partial charge >= 0.3 is 15.2 Å².